The Morgan fingerprint density at radius 1 is 1.07 bits per heavy atom. The van der Waals surface area contributed by atoms with E-state index in [1.54, 1.807) is 20.8 Å². The number of anilines is 1. The number of nitrogens with one attached hydrogen (secondary N) is 1. The zero-order valence-electron chi connectivity index (χ0n) is 15.6. The summed E-state index contributed by atoms with van der Waals surface area (Å²) in [5.41, 5.74) is 0.981. The molecule has 27 heavy (non-hydrogen) atoms. The van der Waals surface area contributed by atoms with Crippen LogP contribution in [0.5, 0.6) is 0 Å². The number of urea groups is 1. The third-order valence-electron chi connectivity index (χ3n) is 4.05. The Morgan fingerprint density at radius 3 is 2.22 bits per heavy atom. The third kappa shape index (κ3) is 3.85. The van der Waals surface area contributed by atoms with E-state index >= 15 is 0 Å². The fourth-order valence-corrected chi connectivity index (χ4v) is 3.86. The van der Waals surface area contributed by atoms with Gasteiger partial charge < -0.3 is 10.1 Å². The lowest BCUT2D eigenvalue weighted by atomic mass is 10.1. The van der Waals surface area contributed by atoms with E-state index in [1.165, 1.54) is 11.3 Å². The molecule has 0 radical (unpaired) electrons. The van der Waals surface area contributed by atoms with E-state index in [4.69, 9.17) is 4.74 Å². The molecule has 0 saturated carbocycles. The molecule has 1 N–H and O–H groups in total. The van der Waals surface area contributed by atoms with Gasteiger partial charge in [0.2, 0.25) is 5.91 Å². The normalized spacial score (nSPS) is 14.1. The largest absolute Gasteiger partial charge is 0.462 e. The Balaban J connectivity index is 2.21. The highest BCUT2D eigenvalue weighted by molar-refractivity contribution is 7.17. The summed E-state index contributed by atoms with van der Waals surface area (Å²) in [6.45, 7) is 6.54. The van der Waals surface area contributed by atoms with E-state index in [1.807, 2.05) is 6.92 Å². The first-order valence-corrected chi connectivity index (χ1v) is 9.34. The van der Waals surface area contributed by atoms with Gasteiger partial charge in [0.1, 0.15) is 11.5 Å². The smallest absolute Gasteiger partial charge is 0.341 e. The molecule has 1 aliphatic rings. The first kappa shape index (κ1) is 20.6. The number of hydrogen-bond acceptors (Lipinski definition) is 7. The zero-order valence-corrected chi connectivity index (χ0v) is 16.4. The van der Waals surface area contributed by atoms with Crippen molar-refractivity contribution in [1.82, 2.24) is 9.80 Å². The molecule has 1 aliphatic heterocycles. The molecule has 2 rings (SSSR count). The van der Waals surface area contributed by atoms with E-state index in [2.05, 4.69) is 5.32 Å². The number of likely N-dealkylation sites (N-methyl/N-ethyl adjacent to an activating group) is 1. The lowest BCUT2D eigenvalue weighted by Crippen LogP contribution is -2.39. The molecule has 146 valence electrons. The van der Waals surface area contributed by atoms with E-state index in [0.29, 0.717) is 16.3 Å². The Morgan fingerprint density at radius 2 is 1.70 bits per heavy atom. The average Bonchev–Trinajstić information content (AvgIpc) is 3.03. The van der Waals surface area contributed by atoms with Crippen LogP contribution in [0.2, 0.25) is 0 Å². The van der Waals surface area contributed by atoms with Gasteiger partial charge in [0.15, 0.2) is 0 Å². The number of nitrogens with zero attached hydrogens (tertiary/aromatic N) is 2. The lowest BCUT2D eigenvalue weighted by molar-refractivity contribution is -0.143. The van der Waals surface area contributed by atoms with E-state index in [9.17, 15) is 24.0 Å². The molecular weight excluding hydrogens is 374 g/mol. The predicted octanol–water partition coefficient (Wildman–Crippen LogP) is 1.54. The van der Waals surface area contributed by atoms with Crippen LogP contribution in [-0.4, -0.2) is 59.2 Å². The van der Waals surface area contributed by atoms with Gasteiger partial charge in [0.25, 0.3) is 0 Å². The molecule has 1 aromatic rings. The standard InChI is InChI=1S/C17H21N3O6S/c1-5-10-9(4)12(16(24)26-7-3)13(27-10)18-11(21)8-20-15(23)14(22)19(6-2)17(20)25/h5-8H2,1-4H3,(H,18,21). The van der Waals surface area contributed by atoms with Crippen LogP contribution in [-0.2, 0) is 25.5 Å². The molecule has 5 amide bonds. The number of thiophene rings is 1. The van der Waals surface area contributed by atoms with Gasteiger partial charge in [-0.1, -0.05) is 6.92 Å². The molecule has 0 aliphatic carbocycles. The quantitative estimate of drug-likeness (QED) is 0.426. The van der Waals surface area contributed by atoms with Crippen molar-refractivity contribution in [3.63, 3.8) is 0 Å². The molecule has 1 aromatic heterocycles. The van der Waals surface area contributed by atoms with Gasteiger partial charge in [-0.25, -0.2) is 14.5 Å². The van der Waals surface area contributed by atoms with Crippen LogP contribution in [0, 0.1) is 6.92 Å². The average molecular weight is 395 g/mol. The molecule has 0 aromatic carbocycles. The van der Waals surface area contributed by atoms with Crippen LogP contribution >= 0.6 is 11.3 Å². The highest BCUT2D eigenvalue weighted by Crippen LogP contribution is 2.34. The maximum Gasteiger partial charge on any atom is 0.341 e. The minimum absolute atomic E-state index is 0.0402. The molecular formula is C17H21N3O6S. The highest BCUT2D eigenvalue weighted by atomic mass is 32.1. The van der Waals surface area contributed by atoms with Gasteiger partial charge in [-0.2, -0.15) is 0 Å². The predicted molar refractivity (Wildman–Crippen MR) is 97.5 cm³/mol. The first-order valence-electron chi connectivity index (χ1n) is 8.53. The van der Waals surface area contributed by atoms with E-state index in [-0.39, 0.29) is 18.7 Å². The van der Waals surface area contributed by atoms with E-state index < -0.39 is 36.3 Å². The number of carbonyl (C=O) groups excluding carboxylic acids is 5. The zero-order chi connectivity index (χ0) is 20.3. The second-order valence-electron chi connectivity index (χ2n) is 5.70. The topological polar surface area (TPSA) is 113 Å². The second kappa shape index (κ2) is 8.30. The number of imide groups is 2. The fourth-order valence-electron chi connectivity index (χ4n) is 2.71. The summed E-state index contributed by atoms with van der Waals surface area (Å²) in [7, 11) is 0. The van der Waals surface area contributed by atoms with Gasteiger partial charge >= 0.3 is 23.8 Å². The lowest BCUT2D eigenvalue weighted by Gasteiger charge is -2.14. The monoisotopic (exact) mass is 395 g/mol. The summed E-state index contributed by atoms with van der Waals surface area (Å²) in [6.07, 6.45) is 0.668. The van der Waals surface area contributed by atoms with Gasteiger partial charge in [-0.05, 0) is 32.8 Å². The van der Waals surface area contributed by atoms with Crippen molar-refractivity contribution in [2.45, 2.75) is 34.1 Å². The molecule has 10 heteroatoms. The summed E-state index contributed by atoms with van der Waals surface area (Å²) in [4.78, 5) is 62.6. The van der Waals surface area contributed by atoms with E-state index in [0.717, 1.165) is 15.3 Å². The van der Waals surface area contributed by atoms with Crippen molar-refractivity contribution in [1.29, 1.82) is 0 Å². The summed E-state index contributed by atoms with van der Waals surface area (Å²) < 4.78 is 5.05. The fraction of sp³-hybridized carbons (Fsp3) is 0.471. The highest BCUT2D eigenvalue weighted by Gasteiger charge is 2.44. The van der Waals surface area contributed by atoms with Gasteiger partial charge in [-0.15, -0.1) is 11.3 Å². The molecule has 0 spiro atoms. The van der Waals surface area contributed by atoms with Gasteiger partial charge in [-0.3, -0.25) is 19.3 Å². The Labute approximate surface area is 160 Å². The summed E-state index contributed by atoms with van der Waals surface area (Å²) >= 11 is 1.24. The van der Waals surface area contributed by atoms with Crippen molar-refractivity contribution in [3.8, 4) is 0 Å². The van der Waals surface area contributed by atoms with Gasteiger partial charge in [0.05, 0.1) is 12.2 Å². The number of aryl methyl sites for hydroxylation is 1. The third-order valence-corrected chi connectivity index (χ3v) is 5.40. The van der Waals surface area contributed by atoms with Crippen LogP contribution in [0.1, 0.15) is 41.6 Å². The first-order chi connectivity index (χ1) is 12.8. The number of rotatable bonds is 7. The Hall–Kier alpha value is -2.75. The van der Waals surface area contributed by atoms with Crippen molar-refractivity contribution in [2.75, 3.05) is 25.0 Å². The van der Waals surface area contributed by atoms with Crippen molar-refractivity contribution in [2.24, 2.45) is 0 Å². The molecule has 1 fully saturated rings. The number of esters is 1. The molecule has 0 atom stereocenters. The maximum absolute atomic E-state index is 12.4. The Kier molecular flexibility index (Phi) is 6.32. The minimum atomic E-state index is -1.04. The van der Waals surface area contributed by atoms with Crippen molar-refractivity contribution >= 4 is 46.1 Å². The molecule has 2 heterocycles. The maximum atomic E-state index is 12.4. The molecule has 1 saturated heterocycles. The molecule has 0 bridgehead atoms. The van der Waals surface area contributed by atoms with Crippen molar-refractivity contribution in [3.05, 3.63) is 16.0 Å². The molecule has 9 nitrogen and oxygen atoms in total. The summed E-state index contributed by atoms with van der Waals surface area (Å²) in [6, 6.07) is -0.829. The van der Waals surface area contributed by atoms with Crippen LogP contribution < -0.4 is 5.32 Å². The number of amides is 5. The van der Waals surface area contributed by atoms with Crippen LogP contribution in [0.3, 0.4) is 0 Å². The van der Waals surface area contributed by atoms with Crippen LogP contribution in [0.25, 0.3) is 0 Å². The number of hydrogen-bond donors (Lipinski definition) is 1. The summed E-state index contributed by atoms with van der Waals surface area (Å²) in [5.74, 6) is -3.24. The second-order valence-corrected chi connectivity index (χ2v) is 6.81. The van der Waals surface area contributed by atoms with Gasteiger partial charge in [0, 0.05) is 11.4 Å². The SMILES string of the molecule is CCOC(=O)c1c(NC(=O)CN2C(=O)C(=O)N(CC)C2=O)sc(CC)c1C. The van der Waals surface area contributed by atoms with Crippen molar-refractivity contribution < 1.29 is 28.7 Å². The van der Waals surface area contributed by atoms with Crippen LogP contribution in [0.15, 0.2) is 0 Å². The molecule has 0 unspecified atom stereocenters. The Bertz CT molecular complexity index is 816. The number of carbonyl (C=O) groups is 5. The summed E-state index contributed by atoms with van der Waals surface area (Å²) in [5, 5.41) is 2.86. The van der Waals surface area contributed by atoms with Crippen LogP contribution in [0.4, 0.5) is 9.80 Å². The minimum Gasteiger partial charge on any atom is -0.462 e. The number of ether oxygens (including phenoxy) is 1.